The van der Waals surface area contributed by atoms with Crippen molar-refractivity contribution in [3.8, 4) is 5.69 Å². The van der Waals surface area contributed by atoms with Crippen molar-refractivity contribution in [2.45, 2.75) is 44.7 Å². The number of nitrogens with zero attached hydrogens (tertiary/aromatic N) is 6. The number of carbonyl (C=O) groups excluding carboxylic acids is 1. The van der Waals surface area contributed by atoms with Crippen LogP contribution in [0.15, 0.2) is 59.8 Å². The Balaban J connectivity index is 1.19. The van der Waals surface area contributed by atoms with Crippen LogP contribution in [0.2, 0.25) is 5.02 Å². The standard InChI is InChI=1S/C28H26ClF2N7O2/c1-36-22-9-8-20(11-17(22)13-34-36)38-26-23(3-2-10-32-26)37(28(38)40)15-16-4-6-19(7-5-16)35-27(39)21-12-18(29)14-33-24(21)25(30)31/h2-3,8-14,16,19,25H,4-7,15H2,1H3,(H,35,39)/t16-,19-. The molecule has 4 aromatic heterocycles. The monoisotopic (exact) mass is 565 g/mol. The number of pyridine rings is 2. The van der Waals surface area contributed by atoms with Crippen LogP contribution in [0.5, 0.6) is 0 Å². The second-order valence-electron chi connectivity index (χ2n) is 10.2. The van der Waals surface area contributed by atoms with Crippen LogP contribution in [0.1, 0.15) is 48.2 Å². The number of aromatic nitrogens is 6. The summed E-state index contributed by atoms with van der Waals surface area (Å²) >= 11 is 5.90. The molecule has 1 aromatic carbocycles. The third-order valence-corrected chi connectivity index (χ3v) is 7.84. The van der Waals surface area contributed by atoms with Crippen LogP contribution in [-0.2, 0) is 13.6 Å². The molecule has 0 aliphatic heterocycles. The van der Waals surface area contributed by atoms with E-state index in [1.54, 1.807) is 26.2 Å². The Bertz CT molecular complexity index is 1790. The van der Waals surface area contributed by atoms with E-state index in [4.69, 9.17) is 11.6 Å². The summed E-state index contributed by atoms with van der Waals surface area (Å²) in [5, 5.41) is 8.21. The Morgan fingerprint density at radius 2 is 1.90 bits per heavy atom. The zero-order valence-corrected chi connectivity index (χ0v) is 22.4. The topological polar surface area (TPSA) is 99.6 Å². The summed E-state index contributed by atoms with van der Waals surface area (Å²) in [5.41, 5.74) is 2.07. The van der Waals surface area contributed by atoms with Crippen molar-refractivity contribution in [2.24, 2.45) is 13.0 Å². The lowest BCUT2D eigenvalue weighted by Gasteiger charge is -2.29. The highest BCUT2D eigenvalue weighted by Crippen LogP contribution is 2.29. The van der Waals surface area contributed by atoms with Crippen LogP contribution in [-0.4, -0.2) is 40.8 Å². The molecular formula is C28H26ClF2N7O2. The van der Waals surface area contributed by atoms with Gasteiger partial charge in [0.25, 0.3) is 12.3 Å². The molecule has 1 aliphatic rings. The molecule has 1 fully saturated rings. The number of aryl methyl sites for hydroxylation is 1. The number of hydrogen-bond donors (Lipinski definition) is 1. The summed E-state index contributed by atoms with van der Waals surface area (Å²) < 4.78 is 31.9. The summed E-state index contributed by atoms with van der Waals surface area (Å²) in [6, 6.07) is 10.5. The second-order valence-corrected chi connectivity index (χ2v) is 10.6. The minimum Gasteiger partial charge on any atom is -0.349 e. The lowest BCUT2D eigenvalue weighted by molar-refractivity contribution is 0.0904. The minimum atomic E-state index is -2.88. The van der Waals surface area contributed by atoms with Crippen LogP contribution < -0.4 is 11.0 Å². The third kappa shape index (κ3) is 4.74. The van der Waals surface area contributed by atoms with Crippen LogP contribution >= 0.6 is 11.6 Å². The fraction of sp³-hybridized carbons (Fsp3) is 0.321. The summed E-state index contributed by atoms with van der Waals surface area (Å²) in [4.78, 5) is 34.6. The molecule has 1 aliphatic carbocycles. The maximum Gasteiger partial charge on any atom is 0.334 e. The number of amides is 1. The molecule has 0 bridgehead atoms. The molecule has 4 heterocycles. The molecule has 0 atom stereocenters. The average Bonchev–Trinajstić information content (AvgIpc) is 3.45. The first-order valence-electron chi connectivity index (χ1n) is 13.0. The van der Waals surface area contributed by atoms with E-state index in [9.17, 15) is 18.4 Å². The molecule has 206 valence electrons. The predicted molar refractivity (Wildman–Crippen MR) is 147 cm³/mol. The van der Waals surface area contributed by atoms with E-state index in [1.807, 2.05) is 37.4 Å². The number of hydrogen-bond acceptors (Lipinski definition) is 5. The zero-order valence-electron chi connectivity index (χ0n) is 21.6. The van der Waals surface area contributed by atoms with Crippen LogP contribution in [0.3, 0.4) is 0 Å². The van der Waals surface area contributed by atoms with E-state index in [-0.39, 0.29) is 28.2 Å². The normalized spacial score (nSPS) is 17.6. The molecular weight excluding hydrogens is 540 g/mol. The molecule has 6 rings (SSSR count). The van der Waals surface area contributed by atoms with E-state index < -0.39 is 18.0 Å². The molecule has 40 heavy (non-hydrogen) atoms. The highest BCUT2D eigenvalue weighted by Gasteiger charge is 2.27. The van der Waals surface area contributed by atoms with Gasteiger partial charge in [-0.25, -0.2) is 23.1 Å². The van der Waals surface area contributed by atoms with Crippen LogP contribution in [0, 0.1) is 5.92 Å². The molecule has 0 radical (unpaired) electrons. The molecule has 1 saturated carbocycles. The van der Waals surface area contributed by atoms with Gasteiger partial charge in [0.05, 0.1) is 33.5 Å². The summed E-state index contributed by atoms with van der Waals surface area (Å²) in [5.74, 6) is -0.403. The van der Waals surface area contributed by atoms with E-state index in [1.165, 1.54) is 6.07 Å². The molecule has 0 spiro atoms. The highest BCUT2D eigenvalue weighted by atomic mass is 35.5. The molecule has 0 unspecified atom stereocenters. The first-order chi connectivity index (χ1) is 19.3. The van der Waals surface area contributed by atoms with Gasteiger partial charge in [0, 0.05) is 37.4 Å². The van der Waals surface area contributed by atoms with Crippen molar-refractivity contribution >= 4 is 39.6 Å². The fourth-order valence-corrected chi connectivity index (χ4v) is 5.76. The van der Waals surface area contributed by atoms with Crippen molar-refractivity contribution in [3.05, 3.63) is 81.8 Å². The zero-order chi connectivity index (χ0) is 28.0. The Morgan fingerprint density at radius 1 is 1.10 bits per heavy atom. The summed E-state index contributed by atoms with van der Waals surface area (Å²) in [6.45, 7) is 0.511. The van der Waals surface area contributed by atoms with Crippen LogP contribution in [0.4, 0.5) is 8.78 Å². The quantitative estimate of drug-likeness (QED) is 0.311. The SMILES string of the molecule is Cn1ncc2cc(-n3c(=O)n(C[C@H]4CC[C@H](NC(=O)c5cc(Cl)cnc5C(F)F)CC4)c4cccnc43)ccc21. The first kappa shape index (κ1) is 26.1. The number of fused-ring (bicyclic) bond motifs is 2. The van der Waals surface area contributed by atoms with E-state index in [0.29, 0.717) is 25.0 Å². The van der Waals surface area contributed by atoms with E-state index in [0.717, 1.165) is 41.1 Å². The van der Waals surface area contributed by atoms with Crippen molar-refractivity contribution in [3.63, 3.8) is 0 Å². The molecule has 1 N–H and O–H groups in total. The van der Waals surface area contributed by atoms with Crippen molar-refractivity contribution in [1.82, 2.24) is 34.2 Å². The van der Waals surface area contributed by atoms with Gasteiger partial charge in [0.1, 0.15) is 5.69 Å². The van der Waals surface area contributed by atoms with Crippen molar-refractivity contribution in [1.29, 1.82) is 0 Å². The smallest absolute Gasteiger partial charge is 0.334 e. The van der Waals surface area contributed by atoms with Crippen LogP contribution in [0.25, 0.3) is 27.8 Å². The minimum absolute atomic E-state index is 0.123. The lowest BCUT2D eigenvalue weighted by atomic mass is 9.85. The largest absolute Gasteiger partial charge is 0.349 e. The van der Waals surface area contributed by atoms with Gasteiger partial charge in [-0.05, 0) is 68.0 Å². The maximum atomic E-state index is 13.7. The Hall–Kier alpha value is -4.12. The van der Waals surface area contributed by atoms with Gasteiger partial charge in [-0.15, -0.1) is 0 Å². The van der Waals surface area contributed by atoms with E-state index in [2.05, 4.69) is 20.4 Å². The number of halogens is 3. The molecule has 0 saturated heterocycles. The highest BCUT2D eigenvalue weighted by molar-refractivity contribution is 6.30. The summed E-state index contributed by atoms with van der Waals surface area (Å²) in [7, 11) is 1.87. The van der Waals surface area contributed by atoms with Crippen molar-refractivity contribution < 1.29 is 13.6 Å². The lowest BCUT2D eigenvalue weighted by Crippen LogP contribution is -2.39. The number of carbonyl (C=O) groups is 1. The van der Waals surface area contributed by atoms with Crippen molar-refractivity contribution in [2.75, 3.05) is 0 Å². The molecule has 9 nitrogen and oxygen atoms in total. The molecule has 1 amide bonds. The maximum absolute atomic E-state index is 13.7. The number of benzene rings is 1. The van der Waals surface area contributed by atoms with E-state index >= 15 is 0 Å². The fourth-order valence-electron chi connectivity index (χ4n) is 5.60. The summed E-state index contributed by atoms with van der Waals surface area (Å²) in [6.07, 6.45) is 4.53. The molecule has 12 heteroatoms. The second kappa shape index (κ2) is 10.5. The number of alkyl halides is 2. The molecule has 5 aromatic rings. The Kier molecular flexibility index (Phi) is 6.83. The van der Waals surface area contributed by atoms with Gasteiger partial charge < -0.3 is 5.32 Å². The number of nitrogens with one attached hydrogen (secondary N) is 1. The van der Waals surface area contributed by atoms with Gasteiger partial charge in [-0.1, -0.05) is 11.6 Å². The van der Waals surface area contributed by atoms with Gasteiger partial charge in [-0.3, -0.25) is 19.0 Å². The Morgan fingerprint density at radius 3 is 2.67 bits per heavy atom. The first-order valence-corrected chi connectivity index (χ1v) is 13.4. The third-order valence-electron chi connectivity index (χ3n) is 7.64. The number of rotatable bonds is 6. The van der Waals surface area contributed by atoms with Gasteiger partial charge >= 0.3 is 5.69 Å². The van der Waals surface area contributed by atoms with Gasteiger partial charge in [0.15, 0.2) is 5.65 Å². The predicted octanol–water partition coefficient (Wildman–Crippen LogP) is 5.05. The average molecular weight is 566 g/mol. The number of imidazole rings is 1. The Labute approximate surface area is 232 Å². The van der Waals surface area contributed by atoms with Gasteiger partial charge in [0.2, 0.25) is 0 Å². The van der Waals surface area contributed by atoms with Gasteiger partial charge in [-0.2, -0.15) is 5.10 Å².